The second kappa shape index (κ2) is 7.33. The molecule has 2 rings (SSSR count). The summed E-state index contributed by atoms with van der Waals surface area (Å²) in [6.07, 6.45) is 0.363. The minimum absolute atomic E-state index is 0.114. The molecule has 0 aliphatic rings. The van der Waals surface area contributed by atoms with E-state index in [-0.39, 0.29) is 5.78 Å². The molecule has 0 N–H and O–H groups in total. The van der Waals surface area contributed by atoms with E-state index in [1.165, 1.54) is 0 Å². The van der Waals surface area contributed by atoms with E-state index in [1.54, 1.807) is 11.3 Å². The Kier molecular flexibility index (Phi) is 5.47. The number of benzene rings is 1. The lowest BCUT2D eigenvalue weighted by molar-refractivity contribution is 0.0992. The van der Waals surface area contributed by atoms with Crippen LogP contribution in [0, 0.1) is 0 Å². The number of Topliss-reactive ketones (excluding diaryl/α,β-unsaturated/α-hetero) is 1. The van der Waals surface area contributed by atoms with Crippen molar-refractivity contribution in [2.75, 3.05) is 39.1 Å². The third kappa shape index (κ3) is 4.65. The fourth-order valence-electron chi connectivity index (χ4n) is 1.89. The Labute approximate surface area is 130 Å². The van der Waals surface area contributed by atoms with Crippen molar-refractivity contribution < 1.29 is 4.79 Å². The van der Waals surface area contributed by atoms with Crippen LogP contribution in [-0.2, 0) is 6.42 Å². The molecule has 0 saturated carbocycles. The standard InChI is InChI=1S/C16H21N3OS/c1-18(2)9-10-19(3)16-17-14(12-21-16)11-15(20)13-7-5-4-6-8-13/h4-8,12H,9-11H2,1-3H3. The predicted molar refractivity (Wildman–Crippen MR) is 88.4 cm³/mol. The number of rotatable bonds is 7. The third-order valence-corrected chi connectivity index (χ3v) is 4.19. The zero-order valence-electron chi connectivity index (χ0n) is 12.7. The van der Waals surface area contributed by atoms with Crippen LogP contribution in [-0.4, -0.2) is 49.9 Å². The summed E-state index contributed by atoms with van der Waals surface area (Å²) in [5.41, 5.74) is 1.59. The Morgan fingerprint density at radius 1 is 1.14 bits per heavy atom. The first-order valence-corrected chi connectivity index (χ1v) is 7.82. The smallest absolute Gasteiger partial charge is 0.185 e. The highest BCUT2D eigenvalue weighted by Crippen LogP contribution is 2.20. The molecule has 0 aliphatic heterocycles. The van der Waals surface area contributed by atoms with E-state index in [0.717, 1.165) is 29.5 Å². The van der Waals surface area contributed by atoms with Crippen LogP contribution in [0.25, 0.3) is 0 Å². The van der Waals surface area contributed by atoms with Gasteiger partial charge in [0.15, 0.2) is 10.9 Å². The van der Waals surface area contributed by atoms with Crippen LogP contribution in [0.4, 0.5) is 5.13 Å². The molecule has 1 aromatic carbocycles. The molecular formula is C16H21N3OS. The number of carbonyl (C=O) groups excluding carboxylic acids is 1. The van der Waals surface area contributed by atoms with Crippen LogP contribution < -0.4 is 4.90 Å². The first-order chi connectivity index (χ1) is 10.1. The molecule has 0 unspecified atom stereocenters. The minimum Gasteiger partial charge on any atom is -0.350 e. The van der Waals surface area contributed by atoms with Crippen LogP contribution in [0.3, 0.4) is 0 Å². The van der Waals surface area contributed by atoms with Gasteiger partial charge in [-0.3, -0.25) is 4.79 Å². The molecule has 0 bridgehead atoms. The Morgan fingerprint density at radius 2 is 1.86 bits per heavy atom. The zero-order chi connectivity index (χ0) is 15.2. The van der Waals surface area contributed by atoms with Crippen molar-refractivity contribution >= 4 is 22.3 Å². The first-order valence-electron chi connectivity index (χ1n) is 6.95. The number of hydrogen-bond acceptors (Lipinski definition) is 5. The Balaban J connectivity index is 1.95. The van der Waals surface area contributed by atoms with Crippen molar-refractivity contribution in [3.63, 3.8) is 0 Å². The Hall–Kier alpha value is -1.72. The van der Waals surface area contributed by atoms with Crippen LogP contribution in [0.1, 0.15) is 16.1 Å². The second-order valence-electron chi connectivity index (χ2n) is 5.31. The van der Waals surface area contributed by atoms with Gasteiger partial charge in [-0.15, -0.1) is 11.3 Å². The lowest BCUT2D eigenvalue weighted by Gasteiger charge is -2.18. The number of carbonyl (C=O) groups is 1. The van der Waals surface area contributed by atoms with E-state index in [9.17, 15) is 4.79 Å². The number of likely N-dealkylation sites (N-methyl/N-ethyl adjacent to an activating group) is 2. The summed E-state index contributed by atoms with van der Waals surface area (Å²) in [5.74, 6) is 0.114. The highest BCUT2D eigenvalue weighted by molar-refractivity contribution is 7.13. The van der Waals surface area contributed by atoms with E-state index in [2.05, 4.69) is 28.9 Å². The van der Waals surface area contributed by atoms with Crippen LogP contribution >= 0.6 is 11.3 Å². The van der Waals surface area contributed by atoms with E-state index >= 15 is 0 Å². The highest BCUT2D eigenvalue weighted by atomic mass is 32.1. The maximum Gasteiger partial charge on any atom is 0.185 e. The minimum atomic E-state index is 0.114. The van der Waals surface area contributed by atoms with Crippen molar-refractivity contribution in [3.8, 4) is 0 Å². The van der Waals surface area contributed by atoms with Crippen molar-refractivity contribution in [2.24, 2.45) is 0 Å². The SMILES string of the molecule is CN(C)CCN(C)c1nc(CC(=O)c2ccccc2)cs1. The van der Waals surface area contributed by atoms with Crippen molar-refractivity contribution in [1.29, 1.82) is 0 Å². The molecule has 21 heavy (non-hydrogen) atoms. The summed E-state index contributed by atoms with van der Waals surface area (Å²) in [5, 5.41) is 2.94. The maximum atomic E-state index is 12.2. The molecule has 0 fully saturated rings. The highest BCUT2D eigenvalue weighted by Gasteiger charge is 2.11. The molecule has 0 radical (unpaired) electrons. The van der Waals surface area contributed by atoms with Crippen molar-refractivity contribution in [2.45, 2.75) is 6.42 Å². The lowest BCUT2D eigenvalue weighted by Crippen LogP contribution is -2.28. The van der Waals surface area contributed by atoms with Gasteiger partial charge in [-0.2, -0.15) is 0 Å². The van der Waals surface area contributed by atoms with E-state index < -0.39 is 0 Å². The lowest BCUT2D eigenvalue weighted by atomic mass is 10.1. The molecule has 0 amide bonds. The molecule has 112 valence electrons. The van der Waals surface area contributed by atoms with Gasteiger partial charge in [0.25, 0.3) is 0 Å². The molecule has 0 atom stereocenters. The summed E-state index contributed by atoms with van der Waals surface area (Å²) >= 11 is 1.59. The number of ketones is 1. The average Bonchev–Trinajstić information content (AvgIpc) is 2.94. The van der Waals surface area contributed by atoms with E-state index in [0.29, 0.717) is 6.42 Å². The number of hydrogen-bond donors (Lipinski definition) is 0. The molecule has 2 aromatic rings. The average molecular weight is 303 g/mol. The van der Waals surface area contributed by atoms with Crippen molar-refractivity contribution in [1.82, 2.24) is 9.88 Å². The predicted octanol–water partition coefficient (Wildman–Crippen LogP) is 2.57. The molecule has 1 heterocycles. The van der Waals surface area contributed by atoms with E-state index in [4.69, 9.17) is 0 Å². The van der Waals surface area contributed by atoms with Crippen molar-refractivity contribution in [3.05, 3.63) is 47.0 Å². The van der Waals surface area contributed by atoms with Crippen LogP contribution in [0.15, 0.2) is 35.7 Å². The van der Waals surface area contributed by atoms with Gasteiger partial charge in [-0.1, -0.05) is 30.3 Å². The number of nitrogens with zero attached hydrogens (tertiary/aromatic N) is 3. The fraction of sp³-hybridized carbons (Fsp3) is 0.375. The molecular weight excluding hydrogens is 282 g/mol. The number of anilines is 1. The molecule has 0 spiro atoms. The van der Waals surface area contributed by atoms with E-state index in [1.807, 2.05) is 42.8 Å². The van der Waals surface area contributed by atoms with Crippen LogP contribution in [0.5, 0.6) is 0 Å². The molecule has 4 nitrogen and oxygen atoms in total. The van der Waals surface area contributed by atoms with Gasteiger partial charge in [0.2, 0.25) is 0 Å². The van der Waals surface area contributed by atoms with Gasteiger partial charge < -0.3 is 9.80 Å². The summed E-state index contributed by atoms with van der Waals surface area (Å²) < 4.78 is 0. The number of aromatic nitrogens is 1. The topological polar surface area (TPSA) is 36.4 Å². The Bertz CT molecular complexity index is 580. The van der Waals surface area contributed by atoms with Crippen LogP contribution in [0.2, 0.25) is 0 Å². The summed E-state index contributed by atoms with van der Waals surface area (Å²) in [7, 11) is 6.14. The zero-order valence-corrected chi connectivity index (χ0v) is 13.6. The van der Waals surface area contributed by atoms with Gasteiger partial charge in [0, 0.05) is 31.1 Å². The third-order valence-electron chi connectivity index (χ3n) is 3.19. The molecule has 5 heteroatoms. The molecule has 0 aliphatic carbocycles. The monoisotopic (exact) mass is 303 g/mol. The molecule has 0 saturated heterocycles. The largest absolute Gasteiger partial charge is 0.350 e. The van der Waals surface area contributed by atoms with Gasteiger partial charge in [-0.25, -0.2) is 4.98 Å². The van der Waals surface area contributed by atoms with Gasteiger partial charge >= 0.3 is 0 Å². The fourth-order valence-corrected chi connectivity index (χ4v) is 2.71. The first kappa shape index (κ1) is 15.7. The second-order valence-corrected chi connectivity index (χ2v) is 6.15. The summed E-state index contributed by atoms with van der Waals surface area (Å²) in [4.78, 5) is 21.0. The summed E-state index contributed by atoms with van der Waals surface area (Å²) in [6, 6.07) is 9.37. The van der Waals surface area contributed by atoms with Gasteiger partial charge in [0.1, 0.15) is 0 Å². The van der Waals surface area contributed by atoms with Gasteiger partial charge in [-0.05, 0) is 14.1 Å². The maximum absolute atomic E-state index is 12.2. The Morgan fingerprint density at radius 3 is 2.52 bits per heavy atom. The summed E-state index contributed by atoms with van der Waals surface area (Å²) in [6.45, 7) is 1.90. The number of thiazole rings is 1. The normalized spacial score (nSPS) is 10.9. The molecule has 1 aromatic heterocycles. The quantitative estimate of drug-likeness (QED) is 0.737. The van der Waals surface area contributed by atoms with Gasteiger partial charge in [0.05, 0.1) is 12.1 Å².